The van der Waals surface area contributed by atoms with Gasteiger partial charge in [0.25, 0.3) is 0 Å². The highest BCUT2D eigenvalue weighted by molar-refractivity contribution is 4.58. The monoisotopic (exact) mass is 1030 g/mol. The van der Waals surface area contributed by atoms with Gasteiger partial charge in [-0.3, -0.25) is 0 Å². The van der Waals surface area contributed by atoms with Crippen LogP contribution in [0, 0.1) is 35.5 Å². The van der Waals surface area contributed by atoms with E-state index in [0.29, 0.717) is 12.8 Å². The first-order valence-corrected chi connectivity index (χ1v) is 28.2. The Bertz CT molecular complexity index is 725. The number of unbranched alkanes of at least 4 members (excludes halogenated alkanes) is 7. The first-order chi connectivity index (χ1) is 33.2. The van der Waals surface area contributed by atoms with Crippen molar-refractivity contribution in [2.24, 2.45) is 35.5 Å². The van der Waals surface area contributed by atoms with Gasteiger partial charge in [-0.05, 0) is 42.9 Å². The third kappa shape index (κ3) is 570. The van der Waals surface area contributed by atoms with E-state index in [4.69, 9.17) is 8.22 Å². The zero-order valence-corrected chi connectivity index (χ0v) is 55.2. The maximum absolute atomic E-state index is 11.9. The topological polar surface area (TPSA) is 0 Å². The van der Waals surface area contributed by atoms with Crippen molar-refractivity contribution in [1.29, 1.82) is 0 Å². The molecular weight excluding hydrogens is 871 g/mol. The summed E-state index contributed by atoms with van der Waals surface area (Å²) < 4.78 is 110. The maximum Gasteiger partial charge on any atom is 0.391 e. The zero-order valence-electron chi connectivity index (χ0n) is 61.2. The average Bonchev–Trinajstić information content (AvgIpc) is 3.17. The van der Waals surface area contributed by atoms with E-state index in [2.05, 4.69) is 132 Å². The molecule has 0 aromatic heterocycles. The molecule has 1 unspecified atom stereocenters. The molecule has 1 atom stereocenters. The predicted octanol–water partition coefficient (Wildman–Crippen LogP) is 28.1. The molecule has 0 rings (SSSR count). The Kier molecular flexibility index (Phi) is 144. The van der Waals surface area contributed by atoms with Crippen molar-refractivity contribution in [2.75, 3.05) is 0 Å². The van der Waals surface area contributed by atoms with Gasteiger partial charge in [0, 0.05) is 27.0 Å². The molecule has 0 saturated heterocycles. The number of hydrogen-bond donors (Lipinski definition) is 0. The molecule has 0 nitrogen and oxygen atoms in total. The van der Waals surface area contributed by atoms with Crippen LogP contribution in [0.25, 0.3) is 0 Å². The lowest BCUT2D eigenvalue weighted by atomic mass is 10.2. The Morgan fingerprint density at radius 3 is 0.507 bits per heavy atom. The average molecular weight is 1030 g/mol. The Labute approximate surface area is 451 Å². The van der Waals surface area contributed by atoms with Gasteiger partial charge < -0.3 is 0 Å². The van der Waals surface area contributed by atoms with Gasteiger partial charge in [-0.2, -0.15) is 13.2 Å². The van der Waals surface area contributed by atoms with E-state index in [9.17, 15) is 26.3 Å². The van der Waals surface area contributed by atoms with Crippen LogP contribution in [-0.4, -0.2) is 18.3 Å². The highest BCUT2D eigenvalue weighted by Gasteiger charge is 2.31. The lowest BCUT2D eigenvalue weighted by Gasteiger charge is -2.08. The van der Waals surface area contributed by atoms with Crippen LogP contribution in [0.3, 0.4) is 0 Å². The molecular formula is C63H150F6. The zero-order chi connectivity index (χ0) is 64.9. The van der Waals surface area contributed by atoms with E-state index < -0.39 is 36.9 Å². The highest BCUT2D eigenvalue weighted by Crippen LogP contribution is 2.24. The molecule has 0 radical (unpaired) electrons. The van der Waals surface area contributed by atoms with Crippen molar-refractivity contribution < 1.29 is 34.6 Å². The van der Waals surface area contributed by atoms with Crippen LogP contribution in [-0.2, 0) is 0 Å². The second-order valence-electron chi connectivity index (χ2n) is 20.0. The fourth-order valence-electron chi connectivity index (χ4n) is 1.71. The molecule has 0 fully saturated rings. The van der Waals surface area contributed by atoms with Gasteiger partial charge in [-0.25, -0.2) is 13.2 Å². The van der Waals surface area contributed by atoms with E-state index in [1.807, 2.05) is 55.4 Å². The molecule has 0 N–H and O–H groups in total. The van der Waals surface area contributed by atoms with Crippen molar-refractivity contribution >= 4 is 0 Å². The number of hydrogen-bond acceptors (Lipinski definition) is 0. The van der Waals surface area contributed by atoms with Crippen molar-refractivity contribution in [2.45, 2.75) is 383 Å². The number of alkyl halides is 6. The molecule has 0 aliphatic rings. The number of rotatable bonds is 12. The van der Waals surface area contributed by atoms with Crippen molar-refractivity contribution in [1.82, 2.24) is 0 Å². The summed E-state index contributed by atoms with van der Waals surface area (Å²) in [6, 6.07) is 0. The van der Waals surface area contributed by atoms with Crippen LogP contribution in [0.4, 0.5) is 26.3 Å². The molecule has 0 bridgehead atoms. The predicted molar refractivity (Wildman–Crippen MR) is 323 cm³/mol. The van der Waals surface area contributed by atoms with E-state index in [1.54, 1.807) is 13.8 Å². The van der Waals surface area contributed by atoms with Crippen LogP contribution >= 0.6 is 0 Å². The largest absolute Gasteiger partial charge is 0.391 e. The molecule has 0 amide bonds. The van der Waals surface area contributed by atoms with Gasteiger partial charge in [0.1, 0.15) is 0 Å². The van der Waals surface area contributed by atoms with Gasteiger partial charge in [0.2, 0.25) is 5.92 Å². The summed E-state index contributed by atoms with van der Waals surface area (Å²) in [7, 11) is 0. The van der Waals surface area contributed by atoms with Crippen LogP contribution in [0.15, 0.2) is 0 Å². The normalized spacial score (nSPS) is 11.6. The Morgan fingerprint density at radius 1 is 0.362 bits per heavy atom. The summed E-state index contributed by atoms with van der Waals surface area (Å²) in [5.41, 5.74) is 0. The van der Waals surface area contributed by atoms with Gasteiger partial charge >= 0.3 is 6.18 Å². The molecule has 0 heterocycles. The number of halogens is 6. The van der Waals surface area contributed by atoms with Crippen LogP contribution in [0.5, 0.6) is 0 Å². The van der Waals surface area contributed by atoms with Crippen LogP contribution in [0.1, 0.15) is 372 Å². The minimum Gasteiger partial charge on any atom is -0.248 e. The third-order valence-electron chi connectivity index (χ3n) is 5.35. The van der Waals surface area contributed by atoms with Crippen molar-refractivity contribution in [3.05, 3.63) is 0 Å². The van der Waals surface area contributed by atoms with Crippen molar-refractivity contribution in [3.8, 4) is 0 Å². The molecule has 444 valence electrons. The first kappa shape index (κ1) is 88.2. The van der Waals surface area contributed by atoms with Crippen LogP contribution in [0.2, 0.25) is 0 Å². The SMILES string of the molecule is CC(C)C.CC(C)C.CC(C)C.CC(C)C(F)(F)F.CCC.CCC(F)(F)CC.CCCC.CCCC(C)F.CCCCC.CCCCC.CCCCC.[2H]C(C)(C)C.[2H]C(C)(C)C.[2H]C([2H])(C)C.[2H]C([2H])(C)CC. The van der Waals surface area contributed by atoms with Gasteiger partial charge in [0.15, 0.2) is 0 Å². The summed E-state index contributed by atoms with van der Waals surface area (Å²) in [5, 5.41) is 0. The lowest BCUT2D eigenvalue weighted by molar-refractivity contribution is -0.164. The molecule has 69 heavy (non-hydrogen) atoms. The highest BCUT2D eigenvalue weighted by atomic mass is 19.4. The molecule has 0 aromatic rings. The van der Waals surface area contributed by atoms with Gasteiger partial charge in [-0.1, -0.05) is 338 Å². The minimum atomic E-state index is -4.00. The summed E-state index contributed by atoms with van der Waals surface area (Å²) in [5.74, 6) is -1.62. The molecule has 0 spiro atoms. The van der Waals surface area contributed by atoms with Crippen molar-refractivity contribution in [3.63, 3.8) is 0 Å². The quantitative estimate of drug-likeness (QED) is 0.171. The summed E-state index contributed by atoms with van der Waals surface area (Å²) >= 11 is 0. The fraction of sp³-hybridized carbons (Fsp3) is 1.00. The van der Waals surface area contributed by atoms with E-state index >= 15 is 0 Å². The standard InChI is InChI=1S/C5H10F2.C5H11F.3C5H12.C4H7F3.7C4H10.2C3H8/c1-3-5(6,7)4-2;1-3-4-5(2)6;3*1-3-5-4-2;1-3(2)4(5,6)7;5*1-4(2)3;2*1-3-4-2;2*1-3-2/h3-4H2,1-2H3;5H,3-4H2,1-2H3;3*3-5H2,1-2H3;3H,1-2H3;5*4H,1-3H3;2*3-4H2,1-2H3;2*3H2,1-2H3/i;;;;;;2*4D;;;;3D2;;3D2;. The lowest BCUT2D eigenvalue weighted by Crippen LogP contribution is -2.15. The Balaban J connectivity index is -0.0000000397. The minimum absolute atomic E-state index is 0.0382. The second-order valence-corrected chi connectivity index (χ2v) is 20.0. The van der Waals surface area contributed by atoms with Crippen LogP contribution < -0.4 is 0 Å². The Morgan fingerprint density at radius 2 is 0.507 bits per heavy atom. The maximum atomic E-state index is 11.9. The van der Waals surface area contributed by atoms with E-state index in [-0.39, 0.29) is 24.6 Å². The summed E-state index contributed by atoms with van der Waals surface area (Å²) in [6.07, 6.45) is 11.7. The Hall–Kier alpha value is -0.420. The molecule has 0 saturated carbocycles. The fourth-order valence-corrected chi connectivity index (χ4v) is 1.71. The molecule has 0 aliphatic carbocycles. The smallest absolute Gasteiger partial charge is 0.248 e. The molecule has 0 aromatic carbocycles. The summed E-state index contributed by atoms with van der Waals surface area (Å²) in [6.45, 7) is 67.8. The third-order valence-corrected chi connectivity index (χ3v) is 5.35. The second kappa shape index (κ2) is 113. The van der Waals surface area contributed by atoms with Gasteiger partial charge in [0.05, 0.1) is 6.17 Å². The van der Waals surface area contributed by atoms with Gasteiger partial charge in [-0.15, -0.1) is 0 Å². The molecule has 0 aliphatic heterocycles. The summed E-state index contributed by atoms with van der Waals surface area (Å²) in [4.78, 5) is 0. The van der Waals surface area contributed by atoms with E-state index in [1.165, 1.54) is 105 Å². The first-order valence-electron chi connectivity index (χ1n) is 31.2. The molecule has 6 heteroatoms. The van der Waals surface area contributed by atoms with E-state index in [0.717, 1.165) is 38.0 Å².